The minimum absolute atomic E-state index is 0.0492. The number of Topliss-reactive ketones (excluding diaryl/α,β-unsaturated/α-hetero) is 1. The highest BCUT2D eigenvalue weighted by molar-refractivity contribution is 6.04. The molecule has 0 aliphatic heterocycles. The Labute approximate surface area is 177 Å². The van der Waals surface area contributed by atoms with Gasteiger partial charge in [0.05, 0.1) is 23.7 Å². The van der Waals surface area contributed by atoms with Gasteiger partial charge >= 0.3 is 5.97 Å². The molecule has 0 radical (unpaired) electrons. The van der Waals surface area contributed by atoms with E-state index in [0.29, 0.717) is 27.8 Å². The van der Waals surface area contributed by atoms with Gasteiger partial charge < -0.3 is 9.47 Å². The van der Waals surface area contributed by atoms with Crippen LogP contribution in [0.5, 0.6) is 5.75 Å². The lowest BCUT2D eigenvalue weighted by Crippen LogP contribution is -2.26. The molecule has 0 atom stereocenters. The minimum atomic E-state index is -0.802. The summed E-state index contributed by atoms with van der Waals surface area (Å²) in [5.41, 5.74) is 0.414. The van der Waals surface area contributed by atoms with Crippen LogP contribution >= 0.6 is 0 Å². The third-order valence-electron chi connectivity index (χ3n) is 4.74. The van der Waals surface area contributed by atoms with Crippen molar-refractivity contribution in [1.82, 2.24) is 9.78 Å². The third-order valence-corrected chi connectivity index (χ3v) is 4.74. The quantitative estimate of drug-likeness (QED) is 0.355. The van der Waals surface area contributed by atoms with Gasteiger partial charge in [0.1, 0.15) is 5.75 Å². The van der Waals surface area contributed by atoms with Gasteiger partial charge in [0.25, 0.3) is 5.56 Å². The molecule has 7 nitrogen and oxygen atoms in total. The molecule has 0 N–H and O–H groups in total. The van der Waals surface area contributed by atoms with Crippen molar-refractivity contribution in [2.24, 2.45) is 0 Å². The second kappa shape index (κ2) is 8.62. The highest BCUT2D eigenvalue weighted by atomic mass is 16.5. The van der Waals surface area contributed by atoms with E-state index in [9.17, 15) is 14.4 Å². The van der Waals surface area contributed by atoms with E-state index in [1.54, 1.807) is 72.8 Å². The molecule has 0 amide bonds. The number of para-hydroxylation sites is 2. The van der Waals surface area contributed by atoms with E-state index in [1.807, 2.05) is 6.07 Å². The van der Waals surface area contributed by atoms with E-state index in [1.165, 1.54) is 7.11 Å². The number of benzene rings is 3. The lowest BCUT2D eigenvalue weighted by atomic mass is 10.1. The number of aromatic nitrogens is 2. The molecule has 0 aliphatic rings. The van der Waals surface area contributed by atoms with Gasteiger partial charge in [-0.3, -0.25) is 9.59 Å². The molecule has 0 aliphatic carbocycles. The Balaban J connectivity index is 1.69. The van der Waals surface area contributed by atoms with Crippen molar-refractivity contribution in [3.05, 3.63) is 100 Å². The fourth-order valence-corrected chi connectivity index (χ4v) is 3.24. The molecule has 0 saturated heterocycles. The van der Waals surface area contributed by atoms with Crippen molar-refractivity contribution in [3.8, 4) is 11.4 Å². The summed E-state index contributed by atoms with van der Waals surface area (Å²) in [5.74, 6) is -0.819. The number of rotatable bonds is 6. The van der Waals surface area contributed by atoms with Crippen LogP contribution in [0.1, 0.15) is 20.8 Å². The Morgan fingerprint density at radius 2 is 1.52 bits per heavy atom. The van der Waals surface area contributed by atoms with E-state index < -0.39 is 18.4 Å². The highest BCUT2D eigenvalue weighted by Crippen LogP contribution is 2.19. The van der Waals surface area contributed by atoms with Crippen LogP contribution in [0.3, 0.4) is 0 Å². The number of carbonyl (C=O) groups excluding carboxylic acids is 2. The van der Waals surface area contributed by atoms with Crippen LogP contribution < -0.4 is 10.3 Å². The van der Waals surface area contributed by atoms with Crippen molar-refractivity contribution >= 4 is 22.5 Å². The fourth-order valence-electron chi connectivity index (χ4n) is 3.24. The van der Waals surface area contributed by atoms with Crippen LogP contribution in [-0.4, -0.2) is 35.2 Å². The van der Waals surface area contributed by atoms with Gasteiger partial charge in [0.15, 0.2) is 12.3 Å². The summed E-state index contributed by atoms with van der Waals surface area (Å²) in [4.78, 5) is 38.3. The van der Waals surface area contributed by atoms with Gasteiger partial charge in [-0.25, -0.2) is 4.79 Å². The van der Waals surface area contributed by atoms with Gasteiger partial charge in [-0.15, -0.1) is 0 Å². The lowest BCUT2D eigenvalue weighted by Gasteiger charge is -2.11. The second-order valence-corrected chi connectivity index (χ2v) is 6.65. The molecule has 4 rings (SSSR count). The maximum absolute atomic E-state index is 12.9. The molecule has 0 bridgehead atoms. The molecular weight excluding hydrogens is 396 g/mol. The van der Waals surface area contributed by atoms with Crippen LogP contribution in [0.25, 0.3) is 16.5 Å². The average Bonchev–Trinajstić information content (AvgIpc) is 2.83. The van der Waals surface area contributed by atoms with Crippen molar-refractivity contribution in [2.75, 3.05) is 13.7 Å². The Bertz CT molecular complexity index is 1330. The smallest absolute Gasteiger partial charge is 0.359 e. The molecule has 4 aromatic rings. The van der Waals surface area contributed by atoms with E-state index in [2.05, 4.69) is 5.10 Å². The summed E-state index contributed by atoms with van der Waals surface area (Å²) in [6.07, 6.45) is 0. The molecule has 0 saturated carbocycles. The lowest BCUT2D eigenvalue weighted by molar-refractivity contribution is 0.0468. The van der Waals surface area contributed by atoms with E-state index in [0.717, 1.165) is 4.68 Å². The van der Waals surface area contributed by atoms with Crippen LogP contribution in [-0.2, 0) is 4.74 Å². The molecule has 0 unspecified atom stereocenters. The summed E-state index contributed by atoms with van der Waals surface area (Å²) in [6.45, 7) is -0.486. The van der Waals surface area contributed by atoms with Gasteiger partial charge in [0.2, 0.25) is 5.78 Å². The standard InChI is InChI=1S/C24H18N2O5/c1-30-21-14-8-7-13-19(21)20(27)15-31-24(29)22-17-11-5-6-12-18(17)23(28)26(25-22)16-9-3-2-4-10-16/h2-14H,15H2,1H3. The van der Waals surface area contributed by atoms with Crippen molar-refractivity contribution in [3.63, 3.8) is 0 Å². The summed E-state index contributed by atoms with van der Waals surface area (Å²) in [6, 6.07) is 22.1. The highest BCUT2D eigenvalue weighted by Gasteiger charge is 2.21. The normalized spacial score (nSPS) is 10.6. The molecule has 7 heteroatoms. The Kier molecular flexibility index (Phi) is 5.57. The second-order valence-electron chi connectivity index (χ2n) is 6.65. The molecule has 31 heavy (non-hydrogen) atoms. The topological polar surface area (TPSA) is 87.5 Å². The molecule has 3 aromatic carbocycles. The molecule has 0 spiro atoms. The SMILES string of the molecule is COc1ccccc1C(=O)COC(=O)c1nn(-c2ccccc2)c(=O)c2ccccc12. The van der Waals surface area contributed by atoms with Crippen LogP contribution in [0, 0.1) is 0 Å². The van der Waals surface area contributed by atoms with E-state index in [4.69, 9.17) is 9.47 Å². The number of ketones is 1. The molecule has 0 fully saturated rings. The Morgan fingerprint density at radius 1 is 0.871 bits per heavy atom. The monoisotopic (exact) mass is 414 g/mol. The number of esters is 1. The molecular formula is C24H18N2O5. The van der Waals surface area contributed by atoms with Crippen molar-refractivity contribution in [1.29, 1.82) is 0 Å². The van der Waals surface area contributed by atoms with Gasteiger partial charge in [-0.2, -0.15) is 9.78 Å². The summed E-state index contributed by atoms with van der Waals surface area (Å²) in [5, 5.41) is 4.93. The number of ether oxygens (including phenoxy) is 2. The molecule has 154 valence electrons. The van der Waals surface area contributed by atoms with Crippen molar-refractivity contribution in [2.45, 2.75) is 0 Å². The zero-order valence-electron chi connectivity index (χ0n) is 16.6. The predicted molar refractivity (Wildman–Crippen MR) is 115 cm³/mol. The summed E-state index contributed by atoms with van der Waals surface area (Å²) >= 11 is 0. The Morgan fingerprint density at radius 3 is 2.26 bits per heavy atom. The number of hydrogen-bond donors (Lipinski definition) is 0. The molecule has 1 heterocycles. The van der Waals surface area contributed by atoms with Crippen LogP contribution in [0.4, 0.5) is 0 Å². The van der Waals surface area contributed by atoms with Crippen molar-refractivity contribution < 1.29 is 19.1 Å². The minimum Gasteiger partial charge on any atom is -0.496 e. The van der Waals surface area contributed by atoms with E-state index in [-0.39, 0.29) is 11.3 Å². The number of nitrogens with zero attached hydrogens (tertiary/aromatic N) is 2. The first-order valence-corrected chi connectivity index (χ1v) is 9.51. The maximum Gasteiger partial charge on any atom is 0.359 e. The zero-order chi connectivity index (χ0) is 21.8. The first kappa shape index (κ1) is 20.0. The molecule has 1 aromatic heterocycles. The number of hydrogen-bond acceptors (Lipinski definition) is 6. The first-order chi connectivity index (χ1) is 15.1. The predicted octanol–water partition coefficient (Wildman–Crippen LogP) is 3.43. The third kappa shape index (κ3) is 3.93. The van der Waals surface area contributed by atoms with Gasteiger partial charge in [-0.1, -0.05) is 48.5 Å². The number of fused-ring (bicyclic) bond motifs is 1. The average molecular weight is 414 g/mol. The fraction of sp³-hybridized carbons (Fsp3) is 0.0833. The number of carbonyl (C=O) groups is 2. The largest absolute Gasteiger partial charge is 0.496 e. The van der Waals surface area contributed by atoms with Gasteiger partial charge in [-0.05, 0) is 30.3 Å². The van der Waals surface area contributed by atoms with Gasteiger partial charge in [0, 0.05) is 5.39 Å². The first-order valence-electron chi connectivity index (χ1n) is 9.51. The zero-order valence-corrected chi connectivity index (χ0v) is 16.6. The number of methoxy groups -OCH3 is 1. The summed E-state index contributed by atoms with van der Waals surface area (Å²) in [7, 11) is 1.46. The van der Waals surface area contributed by atoms with Crippen LogP contribution in [0.15, 0.2) is 83.7 Å². The van der Waals surface area contributed by atoms with E-state index >= 15 is 0 Å². The Hall–Kier alpha value is -4.26. The summed E-state index contributed by atoms with van der Waals surface area (Å²) < 4.78 is 11.6. The maximum atomic E-state index is 12.9. The van der Waals surface area contributed by atoms with Crippen LogP contribution in [0.2, 0.25) is 0 Å².